The van der Waals surface area contributed by atoms with E-state index in [1.807, 2.05) is 0 Å². The Morgan fingerprint density at radius 3 is 2.37 bits per heavy atom. The Morgan fingerprint density at radius 2 is 1.84 bits per heavy atom. The predicted octanol–water partition coefficient (Wildman–Crippen LogP) is 2.47. The molecule has 0 N–H and O–H groups in total. The van der Waals surface area contributed by atoms with Crippen LogP contribution in [0.3, 0.4) is 0 Å². The number of nitro groups is 1. The molecule has 6 heteroatoms. The van der Waals surface area contributed by atoms with Crippen LogP contribution in [0, 0.1) is 10.1 Å². The molecule has 0 spiro atoms. The molecule has 0 aliphatic heterocycles. The van der Waals surface area contributed by atoms with E-state index in [4.69, 9.17) is 0 Å². The van der Waals surface area contributed by atoms with Crippen LogP contribution in [0.1, 0.15) is 36.0 Å². The van der Waals surface area contributed by atoms with Gasteiger partial charge in [0.25, 0.3) is 5.69 Å². The highest BCUT2D eigenvalue weighted by Gasteiger charge is 2.23. The Bertz CT molecular complexity index is 506. The Kier molecular flexibility index (Phi) is 4.42. The van der Waals surface area contributed by atoms with Crippen LogP contribution in [-0.4, -0.2) is 25.9 Å². The number of carbonyl (C=O) groups is 1. The summed E-state index contributed by atoms with van der Waals surface area (Å²) in [7, 11) is -1.12. The van der Waals surface area contributed by atoms with Crippen molar-refractivity contribution in [3.05, 3.63) is 39.9 Å². The van der Waals surface area contributed by atoms with E-state index in [-0.39, 0.29) is 22.5 Å². The number of non-ortho nitro benzene ring substituents is 1. The molecule has 102 valence electrons. The molecule has 1 aliphatic rings. The number of hydrogen-bond acceptors (Lipinski definition) is 4. The number of nitro benzene ring substituents is 1. The lowest BCUT2D eigenvalue weighted by atomic mass is 10.1. The van der Waals surface area contributed by atoms with E-state index < -0.39 is 15.7 Å². The van der Waals surface area contributed by atoms with Crippen molar-refractivity contribution in [1.82, 2.24) is 0 Å². The summed E-state index contributed by atoms with van der Waals surface area (Å²) in [6.45, 7) is 0. The molecule has 5 nitrogen and oxygen atoms in total. The van der Waals surface area contributed by atoms with Gasteiger partial charge < -0.3 is 0 Å². The van der Waals surface area contributed by atoms with Gasteiger partial charge in [0.2, 0.25) is 0 Å². The Morgan fingerprint density at radius 1 is 1.26 bits per heavy atom. The van der Waals surface area contributed by atoms with Crippen molar-refractivity contribution in [2.24, 2.45) is 0 Å². The lowest BCUT2D eigenvalue weighted by molar-refractivity contribution is -0.384. The van der Waals surface area contributed by atoms with Gasteiger partial charge >= 0.3 is 0 Å². The first-order chi connectivity index (χ1) is 9.08. The molecule has 1 fully saturated rings. The van der Waals surface area contributed by atoms with Crippen molar-refractivity contribution in [1.29, 1.82) is 0 Å². The fraction of sp³-hybridized carbons (Fsp3) is 0.462. The highest BCUT2D eigenvalue weighted by molar-refractivity contribution is 7.86. The molecule has 0 bridgehead atoms. The van der Waals surface area contributed by atoms with Crippen LogP contribution in [0.25, 0.3) is 0 Å². The smallest absolute Gasteiger partial charge is 0.269 e. The average Bonchev–Trinajstić information content (AvgIpc) is 2.92. The van der Waals surface area contributed by atoms with Crippen LogP contribution in [0.4, 0.5) is 5.69 Å². The van der Waals surface area contributed by atoms with Gasteiger partial charge in [-0.1, -0.05) is 12.8 Å². The Hall–Kier alpha value is -1.56. The van der Waals surface area contributed by atoms with E-state index >= 15 is 0 Å². The van der Waals surface area contributed by atoms with E-state index in [0.717, 1.165) is 25.7 Å². The van der Waals surface area contributed by atoms with Gasteiger partial charge in [-0.3, -0.25) is 19.1 Å². The van der Waals surface area contributed by atoms with E-state index in [1.165, 1.54) is 24.3 Å². The minimum atomic E-state index is -1.12. The lowest BCUT2D eigenvalue weighted by Crippen LogP contribution is -2.19. The maximum Gasteiger partial charge on any atom is 0.269 e. The highest BCUT2D eigenvalue weighted by atomic mass is 32.2. The molecule has 0 aromatic heterocycles. The minimum absolute atomic E-state index is 0.0163. The second-order valence-corrected chi connectivity index (χ2v) is 6.38. The SMILES string of the molecule is O=C(CS(=O)C1CCCC1)c1ccc([N+](=O)[O-])cc1. The molecule has 1 aromatic carbocycles. The summed E-state index contributed by atoms with van der Waals surface area (Å²) in [4.78, 5) is 21.9. The minimum Gasteiger partial charge on any atom is -0.293 e. The summed E-state index contributed by atoms with van der Waals surface area (Å²) in [5.74, 6) is -0.192. The molecule has 1 aromatic rings. The first-order valence-electron chi connectivity index (χ1n) is 6.23. The number of nitrogens with zero attached hydrogens (tertiary/aromatic N) is 1. The van der Waals surface area contributed by atoms with Crippen molar-refractivity contribution in [3.63, 3.8) is 0 Å². The summed E-state index contributed by atoms with van der Waals surface area (Å²) in [5, 5.41) is 10.6. The van der Waals surface area contributed by atoms with Crippen LogP contribution in [0.15, 0.2) is 24.3 Å². The number of hydrogen-bond donors (Lipinski definition) is 0. The molecule has 0 radical (unpaired) electrons. The van der Waals surface area contributed by atoms with Crippen LogP contribution in [0.2, 0.25) is 0 Å². The standard InChI is InChI=1S/C13H15NO4S/c15-13(9-19(18)12-3-1-2-4-12)10-5-7-11(8-6-10)14(16)17/h5-8,12H,1-4,9H2. The molecular formula is C13H15NO4S. The predicted molar refractivity (Wildman–Crippen MR) is 72.7 cm³/mol. The zero-order valence-electron chi connectivity index (χ0n) is 10.4. The maximum absolute atomic E-state index is 12.0. The first kappa shape index (κ1) is 13.9. The summed E-state index contributed by atoms with van der Waals surface area (Å²) >= 11 is 0. The van der Waals surface area contributed by atoms with Crippen molar-refractivity contribution in [2.75, 3.05) is 5.75 Å². The fourth-order valence-corrected chi connectivity index (χ4v) is 3.77. The summed E-state index contributed by atoms with van der Waals surface area (Å²) < 4.78 is 12.0. The Balaban J connectivity index is 1.99. The van der Waals surface area contributed by atoms with E-state index in [2.05, 4.69) is 0 Å². The third-order valence-electron chi connectivity index (χ3n) is 3.35. The van der Waals surface area contributed by atoms with Gasteiger partial charge in [0, 0.05) is 33.7 Å². The van der Waals surface area contributed by atoms with Crippen molar-refractivity contribution < 1.29 is 13.9 Å². The van der Waals surface area contributed by atoms with E-state index in [9.17, 15) is 19.1 Å². The van der Waals surface area contributed by atoms with Gasteiger partial charge in [0.05, 0.1) is 10.7 Å². The van der Waals surface area contributed by atoms with Crippen molar-refractivity contribution in [3.8, 4) is 0 Å². The number of carbonyl (C=O) groups excluding carboxylic acids is 1. The molecule has 2 rings (SSSR count). The van der Waals surface area contributed by atoms with Gasteiger partial charge in [0.1, 0.15) is 0 Å². The molecule has 0 saturated heterocycles. The van der Waals surface area contributed by atoms with E-state index in [1.54, 1.807) is 0 Å². The van der Waals surface area contributed by atoms with Gasteiger partial charge in [-0.2, -0.15) is 0 Å². The quantitative estimate of drug-likeness (QED) is 0.472. The average molecular weight is 281 g/mol. The summed E-state index contributed by atoms with van der Waals surface area (Å²) in [5.41, 5.74) is 0.338. The number of rotatable bonds is 5. The summed E-state index contributed by atoms with van der Waals surface area (Å²) in [6.07, 6.45) is 4.03. The first-order valence-corrected chi connectivity index (χ1v) is 7.61. The van der Waals surface area contributed by atoms with Crippen LogP contribution in [-0.2, 0) is 10.8 Å². The molecule has 1 atom stereocenters. The maximum atomic E-state index is 12.0. The van der Waals surface area contributed by atoms with Crippen LogP contribution < -0.4 is 0 Å². The zero-order valence-corrected chi connectivity index (χ0v) is 11.2. The molecule has 19 heavy (non-hydrogen) atoms. The lowest BCUT2D eigenvalue weighted by Gasteiger charge is -2.08. The van der Waals surface area contributed by atoms with Crippen LogP contribution in [0.5, 0.6) is 0 Å². The van der Waals surface area contributed by atoms with Gasteiger partial charge in [-0.25, -0.2) is 0 Å². The van der Waals surface area contributed by atoms with E-state index in [0.29, 0.717) is 5.56 Å². The van der Waals surface area contributed by atoms with Crippen molar-refractivity contribution in [2.45, 2.75) is 30.9 Å². The molecular weight excluding hydrogens is 266 g/mol. The normalized spacial score (nSPS) is 17.3. The highest BCUT2D eigenvalue weighted by Crippen LogP contribution is 2.23. The van der Waals surface area contributed by atoms with Crippen molar-refractivity contribution >= 4 is 22.3 Å². The number of Topliss-reactive ketones (excluding diaryl/α,β-unsaturated/α-hetero) is 1. The molecule has 1 aliphatic carbocycles. The third-order valence-corrected chi connectivity index (χ3v) is 5.11. The second kappa shape index (κ2) is 6.06. The fourth-order valence-electron chi connectivity index (χ4n) is 2.25. The monoisotopic (exact) mass is 281 g/mol. The van der Waals surface area contributed by atoms with Crippen LogP contribution >= 0.6 is 0 Å². The van der Waals surface area contributed by atoms with Gasteiger partial charge in [-0.15, -0.1) is 0 Å². The van der Waals surface area contributed by atoms with Gasteiger partial charge in [0.15, 0.2) is 5.78 Å². The third kappa shape index (κ3) is 3.47. The largest absolute Gasteiger partial charge is 0.293 e. The summed E-state index contributed by atoms with van der Waals surface area (Å²) in [6, 6.07) is 5.44. The molecule has 0 heterocycles. The molecule has 0 amide bonds. The molecule has 1 unspecified atom stereocenters. The Labute approximate surface area is 113 Å². The zero-order chi connectivity index (χ0) is 13.8. The second-order valence-electron chi connectivity index (χ2n) is 4.66. The topological polar surface area (TPSA) is 77.3 Å². The molecule has 1 saturated carbocycles. The number of ketones is 1. The number of benzene rings is 1. The van der Waals surface area contributed by atoms with Gasteiger partial charge in [-0.05, 0) is 25.0 Å².